The molecule has 0 saturated carbocycles. The third-order valence-electron chi connectivity index (χ3n) is 5.80. The Kier molecular flexibility index (Phi) is 5.20. The smallest absolute Gasteiger partial charge is 0.119 e. The second-order valence-electron chi connectivity index (χ2n) is 7.97. The Labute approximate surface area is 156 Å². The fourth-order valence-electron chi connectivity index (χ4n) is 4.58. The molecule has 1 aromatic carbocycles. The van der Waals surface area contributed by atoms with Gasteiger partial charge in [-0.05, 0) is 51.0 Å². The van der Waals surface area contributed by atoms with Crippen LogP contribution in [-0.4, -0.2) is 66.3 Å². The first-order valence-corrected chi connectivity index (χ1v) is 9.88. The number of hydrogen-bond acceptors (Lipinski definition) is 4. The maximum absolute atomic E-state index is 5.89. The van der Waals surface area contributed by atoms with E-state index in [1.165, 1.54) is 42.5 Å². The normalized spacial score (nSPS) is 26.4. The molecule has 0 spiro atoms. The van der Waals surface area contributed by atoms with Gasteiger partial charge in [-0.25, -0.2) is 0 Å². The van der Waals surface area contributed by atoms with Crippen molar-refractivity contribution in [1.82, 2.24) is 14.8 Å². The molecule has 0 aliphatic carbocycles. The highest BCUT2D eigenvalue weighted by atomic mass is 16.5. The lowest BCUT2D eigenvalue weighted by Gasteiger charge is -2.43. The highest BCUT2D eigenvalue weighted by Crippen LogP contribution is 2.25. The summed E-state index contributed by atoms with van der Waals surface area (Å²) in [6.45, 7) is 9.90. The number of piperidine rings is 1. The molecule has 2 saturated heterocycles. The van der Waals surface area contributed by atoms with Gasteiger partial charge in [0.05, 0.1) is 19.3 Å². The molecule has 4 rings (SSSR count). The average Bonchev–Trinajstić information content (AvgIpc) is 3.02. The van der Waals surface area contributed by atoms with E-state index in [-0.39, 0.29) is 0 Å². The Balaban J connectivity index is 1.33. The van der Waals surface area contributed by atoms with Gasteiger partial charge in [0.2, 0.25) is 0 Å². The Morgan fingerprint density at radius 1 is 1.12 bits per heavy atom. The van der Waals surface area contributed by atoms with E-state index in [1.54, 1.807) is 7.11 Å². The molecule has 2 atom stereocenters. The number of aromatic nitrogens is 1. The minimum Gasteiger partial charge on any atom is -0.497 e. The molecule has 2 unspecified atom stereocenters. The molecular weight excluding hydrogens is 326 g/mol. The molecule has 3 heterocycles. The lowest BCUT2D eigenvalue weighted by atomic mass is 10.0. The number of rotatable bonds is 4. The summed E-state index contributed by atoms with van der Waals surface area (Å²) in [7, 11) is 1.72. The molecule has 5 heteroatoms. The van der Waals surface area contributed by atoms with Crippen LogP contribution in [0.1, 0.15) is 32.4 Å². The summed E-state index contributed by atoms with van der Waals surface area (Å²) in [5, 5.41) is 1.23. The third kappa shape index (κ3) is 3.90. The van der Waals surface area contributed by atoms with Crippen LogP contribution in [0.2, 0.25) is 0 Å². The van der Waals surface area contributed by atoms with Gasteiger partial charge >= 0.3 is 0 Å². The van der Waals surface area contributed by atoms with Crippen LogP contribution in [0.15, 0.2) is 24.3 Å². The maximum Gasteiger partial charge on any atom is 0.119 e. The van der Waals surface area contributed by atoms with E-state index in [1.807, 2.05) is 6.07 Å². The van der Waals surface area contributed by atoms with Gasteiger partial charge in [0.1, 0.15) is 5.75 Å². The summed E-state index contributed by atoms with van der Waals surface area (Å²) in [4.78, 5) is 8.79. The molecule has 2 aliphatic heterocycles. The van der Waals surface area contributed by atoms with Crippen LogP contribution in [0.5, 0.6) is 5.75 Å². The van der Waals surface area contributed by atoms with Crippen molar-refractivity contribution in [2.75, 3.05) is 33.3 Å². The predicted octanol–water partition coefficient (Wildman–Crippen LogP) is 3.25. The Hall–Kier alpha value is -1.56. The van der Waals surface area contributed by atoms with Crippen molar-refractivity contribution in [3.63, 3.8) is 0 Å². The highest BCUT2D eigenvalue weighted by Gasteiger charge is 2.30. The number of benzene rings is 1. The predicted molar refractivity (Wildman–Crippen MR) is 105 cm³/mol. The largest absolute Gasteiger partial charge is 0.497 e. The number of nitrogens with zero attached hydrogens (tertiary/aromatic N) is 2. The standard InChI is InChI=1S/C21H31N3O2/c1-15-12-24(13-16(2)26-15)19-6-8-23(9-7-19)14-18-10-17-11-20(25-3)4-5-21(17)22-18/h4-5,10-11,15-16,19,22H,6-9,12-14H2,1-3H3. The minimum absolute atomic E-state index is 0.361. The fraction of sp³-hybridized carbons (Fsp3) is 0.619. The number of methoxy groups -OCH3 is 1. The summed E-state index contributed by atoms with van der Waals surface area (Å²) in [5.74, 6) is 0.915. The molecule has 1 aromatic heterocycles. The van der Waals surface area contributed by atoms with Crippen LogP contribution < -0.4 is 4.74 Å². The van der Waals surface area contributed by atoms with Gasteiger partial charge in [-0.1, -0.05) is 0 Å². The molecule has 2 fully saturated rings. The zero-order valence-electron chi connectivity index (χ0n) is 16.2. The van der Waals surface area contributed by atoms with Gasteiger partial charge in [0.25, 0.3) is 0 Å². The van der Waals surface area contributed by atoms with E-state index >= 15 is 0 Å². The molecular formula is C21H31N3O2. The summed E-state index contributed by atoms with van der Waals surface area (Å²) in [6.07, 6.45) is 3.24. The second kappa shape index (κ2) is 7.59. The number of H-pyrrole nitrogens is 1. The van der Waals surface area contributed by atoms with Gasteiger partial charge in [-0.2, -0.15) is 0 Å². The highest BCUT2D eigenvalue weighted by molar-refractivity contribution is 5.81. The zero-order chi connectivity index (χ0) is 18.1. The number of hydrogen-bond donors (Lipinski definition) is 1. The van der Waals surface area contributed by atoms with Gasteiger partial charge in [0, 0.05) is 55.4 Å². The summed E-state index contributed by atoms with van der Waals surface area (Å²) < 4.78 is 11.2. The van der Waals surface area contributed by atoms with Crippen molar-refractivity contribution in [3.8, 4) is 5.75 Å². The van der Waals surface area contributed by atoms with Gasteiger partial charge in [-0.3, -0.25) is 9.80 Å². The van der Waals surface area contributed by atoms with Crippen molar-refractivity contribution in [3.05, 3.63) is 30.0 Å². The number of morpholine rings is 1. The summed E-state index contributed by atoms with van der Waals surface area (Å²) >= 11 is 0. The monoisotopic (exact) mass is 357 g/mol. The third-order valence-corrected chi connectivity index (χ3v) is 5.80. The van der Waals surface area contributed by atoms with Crippen molar-refractivity contribution in [2.24, 2.45) is 0 Å². The van der Waals surface area contributed by atoms with E-state index in [0.29, 0.717) is 18.2 Å². The first-order chi connectivity index (χ1) is 12.6. The fourth-order valence-corrected chi connectivity index (χ4v) is 4.58. The van der Waals surface area contributed by atoms with Crippen LogP contribution in [0.25, 0.3) is 10.9 Å². The van der Waals surface area contributed by atoms with Gasteiger partial charge in [0.15, 0.2) is 0 Å². The molecule has 1 N–H and O–H groups in total. The number of fused-ring (bicyclic) bond motifs is 1. The van der Waals surface area contributed by atoms with Gasteiger partial charge < -0.3 is 14.5 Å². The first kappa shape index (κ1) is 17.8. The Morgan fingerprint density at radius 3 is 2.54 bits per heavy atom. The maximum atomic E-state index is 5.89. The Bertz CT molecular complexity index is 726. The van der Waals surface area contributed by atoms with Crippen LogP contribution in [0, 0.1) is 0 Å². The molecule has 142 valence electrons. The SMILES string of the molecule is COc1ccc2[nH]c(CN3CCC(N4CC(C)OC(C)C4)CC3)cc2c1. The second-order valence-corrected chi connectivity index (χ2v) is 7.97. The average molecular weight is 357 g/mol. The van der Waals surface area contributed by atoms with Crippen LogP contribution in [0.3, 0.4) is 0 Å². The topological polar surface area (TPSA) is 40.7 Å². The number of aromatic amines is 1. The molecule has 2 aliphatic rings. The van der Waals surface area contributed by atoms with Crippen LogP contribution in [0.4, 0.5) is 0 Å². The summed E-state index contributed by atoms with van der Waals surface area (Å²) in [6, 6.07) is 9.19. The van der Waals surface area contributed by atoms with Crippen molar-refractivity contribution in [2.45, 2.75) is 51.5 Å². The van der Waals surface area contributed by atoms with Crippen molar-refractivity contribution in [1.29, 1.82) is 0 Å². The van der Waals surface area contributed by atoms with Crippen molar-refractivity contribution >= 4 is 10.9 Å². The quantitative estimate of drug-likeness (QED) is 0.912. The van der Waals surface area contributed by atoms with Crippen LogP contribution >= 0.6 is 0 Å². The molecule has 2 aromatic rings. The number of nitrogens with one attached hydrogen (secondary N) is 1. The molecule has 0 bridgehead atoms. The van der Waals surface area contributed by atoms with E-state index in [2.05, 4.69) is 46.8 Å². The van der Waals surface area contributed by atoms with E-state index in [0.717, 1.165) is 25.4 Å². The number of likely N-dealkylation sites (tertiary alicyclic amines) is 1. The van der Waals surface area contributed by atoms with Crippen LogP contribution in [-0.2, 0) is 11.3 Å². The van der Waals surface area contributed by atoms with E-state index in [9.17, 15) is 0 Å². The zero-order valence-corrected chi connectivity index (χ0v) is 16.2. The summed E-state index contributed by atoms with van der Waals surface area (Å²) in [5.41, 5.74) is 2.48. The number of ether oxygens (including phenoxy) is 2. The molecule has 26 heavy (non-hydrogen) atoms. The Morgan fingerprint density at radius 2 is 1.85 bits per heavy atom. The lowest BCUT2D eigenvalue weighted by Crippen LogP contribution is -2.53. The van der Waals surface area contributed by atoms with E-state index in [4.69, 9.17) is 9.47 Å². The first-order valence-electron chi connectivity index (χ1n) is 9.88. The molecule has 5 nitrogen and oxygen atoms in total. The van der Waals surface area contributed by atoms with Crippen molar-refractivity contribution < 1.29 is 9.47 Å². The molecule has 0 amide bonds. The lowest BCUT2D eigenvalue weighted by molar-refractivity contribution is -0.0866. The van der Waals surface area contributed by atoms with Gasteiger partial charge in [-0.15, -0.1) is 0 Å². The minimum atomic E-state index is 0.361. The molecule has 0 radical (unpaired) electrons. The van der Waals surface area contributed by atoms with E-state index < -0.39 is 0 Å².